The average Bonchev–Trinajstić information content (AvgIpc) is 2.90. The normalized spacial score (nSPS) is 26.2. The molecule has 3 rings (SSSR count). The molecule has 1 saturated heterocycles. The van der Waals surface area contributed by atoms with Crippen LogP contribution in [0.4, 0.5) is 0 Å². The Labute approximate surface area is 121 Å². The molecule has 2 aliphatic rings. The minimum Gasteiger partial charge on any atom is -0.354 e. The number of benzene rings is 1. The van der Waals surface area contributed by atoms with E-state index in [0.29, 0.717) is 12.0 Å². The zero-order valence-electron chi connectivity index (χ0n) is 12.2. The lowest BCUT2D eigenvalue weighted by atomic mass is 9.92. The Kier molecular flexibility index (Phi) is 4.06. The first kappa shape index (κ1) is 13.6. The summed E-state index contributed by atoms with van der Waals surface area (Å²) in [4.78, 5) is 12.3. The van der Waals surface area contributed by atoms with Crippen LogP contribution >= 0.6 is 0 Å². The molecule has 20 heavy (non-hydrogen) atoms. The summed E-state index contributed by atoms with van der Waals surface area (Å²) in [7, 11) is 0. The van der Waals surface area contributed by atoms with Crippen molar-refractivity contribution in [2.24, 2.45) is 11.8 Å². The maximum Gasteiger partial charge on any atom is 0.223 e. The predicted octanol–water partition coefficient (Wildman–Crippen LogP) is 1.91. The third-order valence-electron chi connectivity index (χ3n) is 4.85. The maximum atomic E-state index is 12.3. The van der Waals surface area contributed by atoms with E-state index in [0.717, 1.165) is 25.9 Å². The molecule has 108 valence electrons. The van der Waals surface area contributed by atoms with E-state index in [2.05, 4.69) is 41.8 Å². The summed E-state index contributed by atoms with van der Waals surface area (Å²) in [5, 5.41) is 6.68. The Morgan fingerprint density at radius 3 is 2.65 bits per heavy atom. The molecule has 0 bridgehead atoms. The highest BCUT2D eigenvalue weighted by molar-refractivity contribution is 5.80. The smallest absolute Gasteiger partial charge is 0.223 e. The van der Waals surface area contributed by atoms with E-state index < -0.39 is 0 Å². The molecule has 3 heteroatoms. The SMILES string of the molecule is CC1CCCNC1CNC(=O)C1Cc2ccccc2C1. The van der Waals surface area contributed by atoms with Gasteiger partial charge in [-0.1, -0.05) is 31.2 Å². The summed E-state index contributed by atoms with van der Waals surface area (Å²) in [5.41, 5.74) is 2.69. The molecule has 0 radical (unpaired) electrons. The van der Waals surface area contributed by atoms with Gasteiger partial charge >= 0.3 is 0 Å². The molecule has 1 aliphatic carbocycles. The standard InChI is InChI=1S/C17H24N2O/c1-12-5-4-8-18-16(12)11-19-17(20)15-9-13-6-2-3-7-14(13)10-15/h2-3,6-7,12,15-16,18H,4-5,8-11H2,1H3,(H,19,20). The number of amides is 1. The fraction of sp³-hybridized carbons (Fsp3) is 0.588. The zero-order valence-corrected chi connectivity index (χ0v) is 12.2. The fourth-order valence-corrected chi connectivity index (χ4v) is 3.49. The van der Waals surface area contributed by atoms with Gasteiger partial charge in [0.15, 0.2) is 0 Å². The average molecular weight is 272 g/mol. The molecule has 3 nitrogen and oxygen atoms in total. The molecule has 2 unspecified atom stereocenters. The van der Waals surface area contributed by atoms with E-state index in [1.807, 2.05) is 0 Å². The van der Waals surface area contributed by atoms with Gasteiger partial charge in [-0.05, 0) is 49.3 Å². The molecule has 1 heterocycles. The molecule has 1 fully saturated rings. The summed E-state index contributed by atoms with van der Waals surface area (Å²) >= 11 is 0. The van der Waals surface area contributed by atoms with Gasteiger partial charge in [-0.15, -0.1) is 0 Å². The van der Waals surface area contributed by atoms with Crippen LogP contribution in [-0.2, 0) is 17.6 Å². The number of nitrogens with one attached hydrogen (secondary N) is 2. The molecule has 2 atom stereocenters. The second kappa shape index (κ2) is 5.96. The lowest BCUT2D eigenvalue weighted by Crippen LogP contribution is -2.48. The van der Waals surface area contributed by atoms with Crippen molar-refractivity contribution in [2.45, 2.75) is 38.6 Å². The molecule has 0 saturated carbocycles. The number of carbonyl (C=O) groups is 1. The maximum absolute atomic E-state index is 12.3. The van der Waals surface area contributed by atoms with Crippen LogP contribution in [0.5, 0.6) is 0 Å². The summed E-state index contributed by atoms with van der Waals surface area (Å²) < 4.78 is 0. The first-order valence-corrected chi connectivity index (χ1v) is 7.82. The van der Waals surface area contributed by atoms with Crippen LogP contribution in [-0.4, -0.2) is 25.0 Å². The van der Waals surface area contributed by atoms with Crippen molar-refractivity contribution in [3.63, 3.8) is 0 Å². The van der Waals surface area contributed by atoms with Crippen LogP contribution in [0.2, 0.25) is 0 Å². The van der Waals surface area contributed by atoms with Crippen molar-refractivity contribution in [1.29, 1.82) is 0 Å². The number of hydrogen-bond acceptors (Lipinski definition) is 2. The van der Waals surface area contributed by atoms with Crippen molar-refractivity contribution in [3.05, 3.63) is 35.4 Å². The summed E-state index contributed by atoms with van der Waals surface area (Å²) in [5.74, 6) is 1.01. The van der Waals surface area contributed by atoms with Gasteiger partial charge in [0.2, 0.25) is 5.91 Å². The minimum absolute atomic E-state index is 0.131. The number of hydrogen-bond donors (Lipinski definition) is 2. The zero-order chi connectivity index (χ0) is 13.9. The Morgan fingerprint density at radius 1 is 1.30 bits per heavy atom. The lowest BCUT2D eigenvalue weighted by Gasteiger charge is -2.30. The van der Waals surface area contributed by atoms with Gasteiger partial charge in [0, 0.05) is 18.5 Å². The van der Waals surface area contributed by atoms with Gasteiger partial charge in [-0.2, -0.15) is 0 Å². The third-order valence-corrected chi connectivity index (χ3v) is 4.85. The first-order valence-electron chi connectivity index (χ1n) is 7.82. The Morgan fingerprint density at radius 2 is 2.00 bits per heavy atom. The highest BCUT2D eigenvalue weighted by Gasteiger charge is 2.28. The van der Waals surface area contributed by atoms with Crippen LogP contribution < -0.4 is 10.6 Å². The number of rotatable bonds is 3. The molecule has 1 aromatic rings. The summed E-state index contributed by atoms with van der Waals surface area (Å²) in [6, 6.07) is 8.86. The highest BCUT2D eigenvalue weighted by atomic mass is 16.1. The van der Waals surface area contributed by atoms with Crippen LogP contribution in [0.1, 0.15) is 30.9 Å². The van der Waals surface area contributed by atoms with Gasteiger partial charge in [0.25, 0.3) is 0 Å². The Bertz CT molecular complexity index is 461. The Hall–Kier alpha value is -1.35. The molecule has 1 amide bonds. The van der Waals surface area contributed by atoms with Crippen molar-refractivity contribution in [3.8, 4) is 0 Å². The molecule has 1 aliphatic heterocycles. The number of fused-ring (bicyclic) bond motifs is 1. The van der Waals surface area contributed by atoms with Gasteiger partial charge in [0.05, 0.1) is 0 Å². The van der Waals surface area contributed by atoms with Crippen molar-refractivity contribution in [1.82, 2.24) is 10.6 Å². The van der Waals surface area contributed by atoms with Crippen LogP contribution in [0.3, 0.4) is 0 Å². The fourth-order valence-electron chi connectivity index (χ4n) is 3.49. The molecule has 0 spiro atoms. The minimum atomic E-state index is 0.131. The van der Waals surface area contributed by atoms with Crippen LogP contribution in [0, 0.1) is 11.8 Å². The van der Waals surface area contributed by atoms with Gasteiger partial charge in [0.1, 0.15) is 0 Å². The largest absolute Gasteiger partial charge is 0.354 e. The molecular weight excluding hydrogens is 248 g/mol. The van der Waals surface area contributed by atoms with Gasteiger partial charge in [-0.3, -0.25) is 4.79 Å². The van der Waals surface area contributed by atoms with E-state index in [9.17, 15) is 4.79 Å². The van der Waals surface area contributed by atoms with E-state index in [1.54, 1.807) is 0 Å². The lowest BCUT2D eigenvalue weighted by molar-refractivity contribution is -0.124. The van der Waals surface area contributed by atoms with Crippen LogP contribution in [0.25, 0.3) is 0 Å². The van der Waals surface area contributed by atoms with Crippen molar-refractivity contribution >= 4 is 5.91 Å². The summed E-state index contributed by atoms with van der Waals surface area (Å²) in [6.45, 7) is 4.13. The second-order valence-electron chi connectivity index (χ2n) is 6.30. The van der Waals surface area contributed by atoms with Crippen molar-refractivity contribution in [2.75, 3.05) is 13.1 Å². The molecule has 1 aromatic carbocycles. The van der Waals surface area contributed by atoms with E-state index in [-0.39, 0.29) is 11.8 Å². The first-order chi connectivity index (χ1) is 9.74. The molecule has 2 N–H and O–H groups in total. The van der Waals surface area contributed by atoms with Crippen molar-refractivity contribution < 1.29 is 4.79 Å². The third kappa shape index (κ3) is 2.88. The number of piperidine rings is 1. The quantitative estimate of drug-likeness (QED) is 0.882. The van der Waals surface area contributed by atoms with Gasteiger partial charge in [-0.25, -0.2) is 0 Å². The van der Waals surface area contributed by atoms with E-state index in [4.69, 9.17) is 0 Å². The van der Waals surface area contributed by atoms with Crippen LogP contribution in [0.15, 0.2) is 24.3 Å². The topological polar surface area (TPSA) is 41.1 Å². The molecular formula is C17H24N2O. The van der Waals surface area contributed by atoms with E-state index in [1.165, 1.54) is 24.0 Å². The van der Waals surface area contributed by atoms with E-state index >= 15 is 0 Å². The monoisotopic (exact) mass is 272 g/mol. The second-order valence-corrected chi connectivity index (χ2v) is 6.30. The predicted molar refractivity (Wildman–Crippen MR) is 80.5 cm³/mol. The Balaban J connectivity index is 1.51. The molecule has 0 aromatic heterocycles. The number of carbonyl (C=O) groups excluding carboxylic acids is 1. The summed E-state index contributed by atoms with van der Waals surface area (Å²) in [6.07, 6.45) is 4.32. The van der Waals surface area contributed by atoms with Gasteiger partial charge < -0.3 is 10.6 Å². The highest BCUT2D eigenvalue weighted by Crippen LogP contribution is 2.26.